The number of carboxylic acid groups (broad SMARTS) is 1. The van der Waals surface area contributed by atoms with E-state index in [1.807, 2.05) is 6.08 Å². The van der Waals surface area contributed by atoms with Crippen molar-refractivity contribution in [1.82, 2.24) is 0 Å². The van der Waals surface area contributed by atoms with Gasteiger partial charge in [-0.2, -0.15) is 0 Å². The van der Waals surface area contributed by atoms with Crippen molar-refractivity contribution >= 4 is 23.6 Å². The molecule has 9 nitrogen and oxygen atoms in total. The third kappa shape index (κ3) is 14.9. The Kier molecular flexibility index (Phi) is 16.3. The average Bonchev–Trinajstić information content (AvgIpc) is 2.85. The Morgan fingerprint density at radius 2 is 1.64 bits per heavy atom. The Balaban J connectivity index is 2.40. The number of hydrogen-bond acceptors (Lipinski definition) is 7. The zero-order chi connectivity index (χ0) is 26.6. The van der Waals surface area contributed by atoms with Gasteiger partial charge in [-0.3, -0.25) is 14.9 Å². The number of rotatable bonds is 20. The van der Waals surface area contributed by atoms with E-state index in [1.54, 1.807) is 0 Å². The minimum Gasteiger partial charge on any atom is -0.481 e. The summed E-state index contributed by atoms with van der Waals surface area (Å²) in [6, 6.07) is 4.96. The van der Waals surface area contributed by atoms with Crippen molar-refractivity contribution in [3.8, 4) is 0 Å². The van der Waals surface area contributed by atoms with Crippen molar-refractivity contribution in [1.29, 1.82) is 0 Å². The standard InChI is InChI=1S/C27H39NO8/c1-2-3-4-11-14-24(15-12-9-7-5-6-8-10-13-16-25(29)30)36-26(31)21-35-27(32)22-17-19-23(20-18-22)28(33)34/h9,12,17-20,24H,2-8,10-11,13-16,21H2,1H3,(H,29,30)/t24-/m1/s1. The number of unbranched alkanes of at least 4 members (excludes halogenated alkanes) is 8. The summed E-state index contributed by atoms with van der Waals surface area (Å²) < 4.78 is 10.6. The summed E-state index contributed by atoms with van der Waals surface area (Å²) in [4.78, 5) is 45.0. The molecule has 0 aliphatic carbocycles. The van der Waals surface area contributed by atoms with E-state index in [0.717, 1.165) is 70.6 Å². The number of nitro benzene ring substituents is 1. The zero-order valence-electron chi connectivity index (χ0n) is 21.2. The Bertz CT molecular complexity index is 835. The molecule has 0 bridgehead atoms. The summed E-state index contributed by atoms with van der Waals surface area (Å²) in [7, 11) is 0. The topological polar surface area (TPSA) is 133 Å². The molecule has 1 aromatic rings. The highest BCUT2D eigenvalue weighted by atomic mass is 16.6. The van der Waals surface area contributed by atoms with Crippen molar-refractivity contribution < 1.29 is 33.9 Å². The van der Waals surface area contributed by atoms with Crippen molar-refractivity contribution in [2.75, 3.05) is 6.61 Å². The van der Waals surface area contributed by atoms with Crippen LogP contribution in [0.1, 0.15) is 101 Å². The Labute approximate surface area is 213 Å². The molecule has 0 saturated heterocycles. The van der Waals surface area contributed by atoms with Gasteiger partial charge in [0, 0.05) is 25.0 Å². The van der Waals surface area contributed by atoms with Gasteiger partial charge in [0.05, 0.1) is 10.5 Å². The summed E-state index contributed by atoms with van der Waals surface area (Å²) in [5, 5.41) is 19.3. The lowest BCUT2D eigenvalue weighted by Gasteiger charge is -2.16. The Hall–Kier alpha value is -3.23. The molecule has 36 heavy (non-hydrogen) atoms. The second kappa shape index (κ2) is 19.0. The normalized spacial score (nSPS) is 11.8. The SMILES string of the molecule is CCCCCC[C@H](CC=CCCCCCCCC(=O)O)OC(=O)COC(=O)c1ccc([N+](=O)[O-])cc1. The average molecular weight is 506 g/mol. The van der Waals surface area contributed by atoms with Gasteiger partial charge in [0.25, 0.3) is 5.69 Å². The van der Waals surface area contributed by atoms with Gasteiger partial charge in [-0.25, -0.2) is 9.59 Å². The van der Waals surface area contributed by atoms with Gasteiger partial charge in [-0.15, -0.1) is 0 Å². The van der Waals surface area contributed by atoms with E-state index >= 15 is 0 Å². The summed E-state index contributed by atoms with van der Waals surface area (Å²) in [5.41, 5.74) is -0.0185. The lowest BCUT2D eigenvalue weighted by molar-refractivity contribution is -0.384. The molecule has 0 aliphatic heterocycles. The van der Waals surface area contributed by atoms with Crippen LogP contribution in [0.15, 0.2) is 36.4 Å². The Morgan fingerprint density at radius 1 is 0.972 bits per heavy atom. The van der Waals surface area contributed by atoms with Crippen molar-refractivity contribution in [2.45, 2.75) is 96.5 Å². The molecular formula is C27H39NO8. The van der Waals surface area contributed by atoms with Gasteiger partial charge >= 0.3 is 17.9 Å². The zero-order valence-corrected chi connectivity index (χ0v) is 21.2. The fourth-order valence-corrected chi connectivity index (χ4v) is 3.61. The number of carbonyl (C=O) groups is 3. The molecule has 0 amide bonds. The molecule has 0 heterocycles. The van der Waals surface area contributed by atoms with Crippen LogP contribution in [-0.2, 0) is 19.1 Å². The monoisotopic (exact) mass is 505 g/mol. The first-order valence-corrected chi connectivity index (χ1v) is 12.8. The van der Waals surface area contributed by atoms with Gasteiger partial charge in [0.2, 0.25) is 0 Å². The molecule has 0 aliphatic rings. The molecule has 1 N–H and O–H groups in total. The summed E-state index contributed by atoms with van der Waals surface area (Å²) in [6.07, 6.45) is 15.3. The second-order valence-corrected chi connectivity index (χ2v) is 8.75. The van der Waals surface area contributed by atoms with E-state index in [0.29, 0.717) is 6.42 Å². The number of hydrogen-bond donors (Lipinski definition) is 1. The fourth-order valence-electron chi connectivity index (χ4n) is 3.61. The molecule has 200 valence electrons. The quantitative estimate of drug-likeness (QED) is 0.0708. The molecular weight excluding hydrogens is 466 g/mol. The third-order valence-corrected chi connectivity index (χ3v) is 5.64. The Morgan fingerprint density at radius 3 is 2.31 bits per heavy atom. The lowest BCUT2D eigenvalue weighted by atomic mass is 10.1. The lowest BCUT2D eigenvalue weighted by Crippen LogP contribution is -2.23. The fraction of sp³-hybridized carbons (Fsp3) is 0.593. The molecule has 1 aromatic carbocycles. The number of nitrogens with zero attached hydrogens (tertiary/aromatic N) is 1. The molecule has 0 aromatic heterocycles. The van der Waals surface area contributed by atoms with Crippen molar-refractivity contribution in [3.63, 3.8) is 0 Å². The maximum atomic E-state index is 12.3. The molecule has 1 atom stereocenters. The van der Waals surface area contributed by atoms with E-state index in [2.05, 4.69) is 13.0 Å². The summed E-state index contributed by atoms with van der Waals surface area (Å²) >= 11 is 0. The first-order chi connectivity index (χ1) is 17.3. The smallest absolute Gasteiger partial charge is 0.344 e. The van der Waals surface area contributed by atoms with Crippen LogP contribution in [0.4, 0.5) is 5.69 Å². The van der Waals surface area contributed by atoms with E-state index in [1.165, 1.54) is 24.3 Å². The summed E-state index contributed by atoms with van der Waals surface area (Å²) in [5.74, 6) is -2.12. The molecule has 0 radical (unpaired) electrons. The maximum Gasteiger partial charge on any atom is 0.344 e. The van der Waals surface area contributed by atoms with E-state index in [9.17, 15) is 24.5 Å². The van der Waals surface area contributed by atoms with Gasteiger partial charge in [0.1, 0.15) is 6.10 Å². The first kappa shape index (κ1) is 30.8. The van der Waals surface area contributed by atoms with Crippen molar-refractivity contribution in [3.05, 3.63) is 52.1 Å². The third-order valence-electron chi connectivity index (χ3n) is 5.64. The number of ether oxygens (including phenoxy) is 2. The second-order valence-electron chi connectivity index (χ2n) is 8.75. The van der Waals surface area contributed by atoms with Crippen LogP contribution in [0.25, 0.3) is 0 Å². The van der Waals surface area contributed by atoms with Crippen molar-refractivity contribution in [2.24, 2.45) is 0 Å². The predicted molar refractivity (Wildman–Crippen MR) is 136 cm³/mol. The van der Waals surface area contributed by atoms with Gasteiger partial charge in [-0.05, 0) is 44.2 Å². The number of nitro groups is 1. The van der Waals surface area contributed by atoms with Crippen LogP contribution in [0, 0.1) is 10.1 Å². The van der Waals surface area contributed by atoms with E-state index in [4.69, 9.17) is 14.6 Å². The molecule has 0 saturated carbocycles. The highest BCUT2D eigenvalue weighted by Gasteiger charge is 2.16. The van der Waals surface area contributed by atoms with Crippen LogP contribution >= 0.6 is 0 Å². The number of non-ortho nitro benzene ring substituents is 1. The first-order valence-electron chi connectivity index (χ1n) is 12.8. The minimum atomic E-state index is -0.746. The largest absolute Gasteiger partial charge is 0.481 e. The number of benzene rings is 1. The maximum absolute atomic E-state index is 12.3. The van der Waals surface area contributed by atoms with Crippen LogP contribution < -0.4 is 0 Å². The molecule has 0 unspecified atom stereocenters. The van der Waals surface area contributed by atoms with E-state index in [-0.39, 0.29) is 23.8 Å². The van der Waals surface area contributed by atoms with Crippen LogP contribution in [0.3, 0.4) is 0 Å². The summed E-state index contributed by atoms with van der Waals surface area (Å²) in [6.45, 7) is 1.61. The predicted octanol–water partition coefficient (Wildman–Crippen LogP) is 6.40. The molecule has 0 spiro atoms. The number of carbonyl (C=O) groups excluding carboxylic acids is 2. The molecule has 9 heteroatoms. The van der Waals surface area contributed by atoms with Crippen LogP contribution in [0.5, 0.6) is 0 Å². The number of aliphatic carboxylic acids is 1. The van der Waals surface area contributed by atoms with E-state index < -0.39 is 29.4 Å². The molecule has 0 fully saturated rings. The van der Waals surface area contributed by atoms with Crippen LogP contribution in [0.2, 0.25) is 0 Å². The molecule has 1 rings (SSSR count). The highest BCUT2D eigenvalue weighted by molar-refractivity contribution is 5.91. The van der Waals surface area contributed by atoms with Gasteiger partial charge in [0.15, 0.2) is 6.61 Å². The number of carboxylic acids is 1. The highest BCUT2D eigenvalue weighted by Crippen LogP contribution is 2.15. The van der Waals surface area contributed by atoms with Crippen LogP contribution in [-0.4, -0.2) is 40.6 Å². The van der Waals surface area contributed by atoms with Gasteiger partial charge < -0.3 is 14.6 Å². The number of esters is 2. The minimum absolute atomic E-state index is 0.120. The number of allylic oxidation sites excluding steroid dienone is 1. The van der Waals surface area contributed by atoms with Gasteiger partial charge in [-0.1, -0.05) is 57.6 Å².